The molecular weight excluding hydrogens is 252 g/mol. The van der Waals surface area contributed by atoms with Crippen molar-refractivity contribution in [1.29, 1.82) is 0 Å². The van der Waals surface area contributed by atoms with Gasteiger partial charge in [-0.05, 0) is 49.9 Å². The first-order valence-corrected chi connectivity index (χ1v) is 7.56. The topological polar surface area (TPSA) is 41.6 Å². The number of nitrogens with one attached hydrogen (secondary N) is 1. The van der Waals surface area contributed by atoms with Gasteiger partial charge in [0.05, 0.1) is 12.5 Å². The van der Waals surface area contributed by atoms with Crippen LogP contribution in [0.25, 0.3) is 0 Å². The molecule has 1 atom stereocenters. The zero-order chi connectivity index (χ0) is 13.8. The van der Waals surface area contributed by atoms with Crippen LogP contribution in [0, 0.1) is 5.92 Å². The van der Waals surface area contributed by atoms with Gasteiger partial charge in [0.25, 0.3) is 0 Å². The normalized spacial score (nSPS) is 22.8. The van der Waals surface area contributed by atoms with Crippen molar-refractivity contribution >= 4 is 17.3 Å². The highest BCUT2D eigenvalue weighted by atomic mass is 16.5. The van der Waals surface area contributed by atoms with Gasteiger partial charge in [0.15, 0.2) is 0 Å². The molecule has 0 bridgehead atoms. The molecule has 0 spiro atoms. The number of hydrogen-bond acceptors (Lipinski definition) is 3. The minimum absolute atomic E-state index is 0.00186. The molecule has 0 aromatic heterocycles. The Morgan fingerprint density at radius 3 is 2.55 bits per heavy atom. The van der Waals surface area contributed by atoms with E-state index >= 15 is 0 Å². The molecule has 1 aromatic rings. The van der Waals surface area contributed by atoms with E-state index in [0.717, 1.165) is 38.2 Å². The van der Waals surface area contributed by atoms with E-state index in [2.05, 4.69) is 22.3 Å². The van der Waals surface area contributed by atoms with E-state index in [1.807, 2.05) is 12.1 Å². The molecule has 3 rings (SSSR count). The first-order valence-electron chi connectivity index (χ1n) is 7.56. The van der Waals surface area contributed by atoms with Crippen LogP contribution in [-0.4, -0.2) is 32.2 Å². The van der Waals surface area contributed by atoms with E-state index in [0.29, 0.717) is 6.61 Å². The number of benzene rings is 1. The highest BCUT2D eigenvalue weighted by molar-refractivity contribution is 5.92. The van der Waals surface area contributed by atoms with Gasteiger partial charge in [-0.25, -0.2) is 0 Å². The van der Waals surface area contributed by atoms with Crippen molar-refractivity contribution < 1.29 is 9.53 Å². The zero-order valence-corrected chi connectivity index (χ0v) is 11.8. The lowest BCUT2D eigenvalue weighted by atomic mass is 10.0. The summed E-state index contributed by atoms with van der Waals surface area (Å²) in [6.45, 7) is 3.63. The van der Waals surface area contributed by atoms with E-state index in [-0.39, 0.29) is 11.8 Å². The summed E-state index contributed by atoms with van der Waals surface area (Å²) in [5.41, 5.74) is 2.13. The average Bonchev–Trinajstić information content (AvgIpc) is 3.03. The zero-order valence-electron chi connectivity index (χ0n) is 11.8. The van der Waals surface area contributed by atoms with Crippen LogP contribution >= 0.6 is 0 Å². The average molecular weight is 274 g/mol. The number of carbonyl (C=O) groups is 1. The Kier molecular flexibility index (Phi) is 4.21. The van der Waals surface area contributed by atoms with Crippen LogP contribution in [0.15, 0.2) is 24.3 Å². The maximum absolute atomic E-state index is 12.1. The summed E-state index contributed by atoms with van der Waals surface area (Å²) in [4.78, 5) is 14.5. The maximum Gasteiger partial charge on any atom is 0.229 e. The smallest absolute Gasteiger partial charge is 0.229 e. The molecule has 2 saturated heterocycles. The molecule has 2 aliphatic heterocycles. The molecule has 20 heavy (non-hydrogen) atoms. The van der Waals surface area contributed by atoms with Crippen LogP contribution in [0.1, 0.15) is 25.7 Å². The van der Waals surface area contributed by atoms with Gasteiger partial charge in [0, 0.05) is 31.1 Å². The standard InChI is InChI=1S/C16H22N2O2/c19-16(13-4-3-11-20-12-13)17-14-5-7-15(8-6-14)18-9-1-2-10-18/h5-8,13H,1-4,9-12H2,(H,17,19). The molecule has 108 valence electrons. The quantitative estimate of drug-likeness (QED) is 0.921. The third-order valence-electron chi connectivity index (χ3n) is 4.14. The summed E-state index contributed by atoms with van der Waals surface area (Å²) in [6.07, 6.45) is 4.46. The lowest BCUT2D eigenvalue weighted by Gasteiger charge is -2.21. The third-order valence-corrected chi connectivity index (χ3v) is 4.14. The van der Waals surface area contributed by atoms with E-state index in [9.17, 15) is 4.79 Å². The van der Waals surface area contributed by atoms with Crippen molar-refractivity contribution in [3.8, 4) is 0 Å². The number of anilines is 2. The summed E-state index contributed by atoms with van der Waals surface area (Å²) < 4.78 is 5.36. The Labute approximate surface area is 120 Å². The second kappa shape index (κ2) is 6.27. The van der Waals surface area contributed by atoms with Crippen LogP contribution in [0.5, 0.6) is 0 Å². The summed E-state index contributed by atoms with van der Waals surface area (Å²) >= 11 is 0. The molecule has 1 aromatic carbocycles. The minimum Gasteiger partial charge on any atom is -0.381 e. The second-order valence-electron chi connectivity index (χ2n) is 5.64. The molecule has 4 nitrogen and oxygen atoms in total. The fraction of sp³-hybridized carbons (Fsp3) is 0.562. The molecule has 2 aliphatic rings. The van der Waals surface area contributed by atoms with Crippen LogP contribution in [0.4, 0.5) is 11.4 Å². The number of nitrogens with zero attached hydrogens (tertiary/aromatic N) is 1. The Hall–Kier alpha value is -1.55. The minimum atomic E-state index is 0.00186. The molecule has 1 N–H and O–H groups in total. The van der Waals surface area contributed by atoms with E-state index in [1.165, 1.54) is 18.5 Å². The van der Waals surface area contributed by atoms with Gasteiger partial charge in [0.1, 0.15) is 0 Å². The van der Waals surface area contributed by atoms with Crippen molar-refractivity contribution in [2.45, 2.75) is 25.7 Å². The first-order chi connectivity index (χ1) is 9.83. The van der Waals surface area contributed by atoms with E-state index in [4.69, 9.17) is 4.74 Å². The summed E-state index contributed by atoms with van der Waals surface area (Å²) in [5, 5.41) is 2.99. The molecule has 1 unspecified atom stereocenters. The summed E-state index contributed by atoms with van der Waals surface area (Å²) in [5.74, 6) is 0.0839. The lowest BCUT2D eigenvalue weighted by molar-refractivity contribution is -0.123. The van der Waals surface area contributed by atoms with Crippen LogP contribution < -0.4 is 10.2 Å². The maximum atomic E-state index is 12.1. The number of carbonyl (C=O) groups excluding carboxylic acids is 1. The fourth-order valence-electron chi connectivity index (χ4n) is 2.92. The van der Waals surface area contributed by atoms with Crippen LogP contribution in [0.3, 0.4) is 0 Å². The monoisotopic (exact) mass is 274 g/mol. The van der Waals surface area contributed by atoms with Crippen molar-refractivity contribution in [2.75, 3.05) is 36.5 Å². The molecule has 4 heteroatoms. The largest absolute Gasteiger partial charge is 0.381 e. The molecule has 0 aliphatic carbocycles. The van der Waals surface area contributed by atoms with Crippen molar-refractivity contribution in [3.05, 3.63) is 24.3 Å². The highest BCUT2D eigenvalue weighted by Crippen LogP contribution is 2.23. The van der Waals surface area contributed by atoms with E-state index in [1.54, 1.807) is 0 Å². The Balaban J connectivity index is 1.58. The van der Waals surface area contributed by atoms with Gasteiger partial charge in [0.2, 0.25) is 5.91 Å². The van der Waals surface area contributed by atoms with Crippen molar-refractivity contribution in [2.24, 2.45) is 5.92 Å². The summed E-state index contributed by atoms with van der Waals surface area (Å²) in [6, 6.07) is 8.18. The van der Waals surface area contributed by atoms with Crippen LogP contribution in [0.2, 0.25) is 0 Å². The SMILES string of the molecule is O=C(Nc1ccc(N2CCCC2)cc1)C1CCCOC1. The van der Waals surface area contributed by atoms with Gasteiger partial charge in [-0.15, -0.1) is 0 Å². The Bertz CT molecular complexity index is 446. The number of rotatable bonds is 3. The molecule has 2 fully saturated rings. The number of hydrogen-bond donors (Lipinski definition) is 1. The predicted molar refractivity (Wildman–Crippen MR) is 80.1 cm³/mol. The van der Waals surface area contributed by atoms with Crippen molar-refractivity contribution in [1.82, 2.24) is 0 Å². The Morgan fingerprint density at radius 1 is 1.15 bits per heavy atom. The molecular formula is C16H22N2O2. The number of ether oxygens (including phenoxy) is 1. The second-order valence-corrected chi connectivity index (χ2v) is 5.64. The Morgan fingerprint density at radius 2 is 1.90 bits per heavy atom. The van der Waals surface area contributed by atoms with Gasteiger partial charge in [-0.1, -0.05) is 0 Å². The highest BCUT2D eigenvalue weighted by Gasteiger charge is 2.21. The van der Waals surface area contributed by atoms with E-state index < -0.39 is 0 Å². The van der Waals surface area contributed by atoms with Gasteiger partial charge >= 0.3 is 0 Å². The molecule has 1 amide bonds. The van der Waals surface area contributed by atoms with Gasteiger partial charge in [-0.3, -0.25) is 4.79 Å². The fourth-order valence-corrected chi connectivity index (χ4v) is 2.92. The predicted octanol–water partition coefficient (Wildman–Crippen LogP) is 2.65. The lowest BCUT2D eigenvalue weighted by Crippen LogP contribution is -2.30. The summed E-state index contributed by atoms with van der Waals surface area (Å²) in [7, 11) is 0. The number of amides is 1. The van der Waals surface area contributed by atoms with Crippen molar-refractivity contribution in [3.63, 3.8) is 0 Å². The third kappa shape index (κ3) is 3.12. The van der Waals surface area contributed by atoms with Crippen LogP contribution in [-0.2, 0) is 9.53 Å². The molecule has 0 saturated carbocycles. The molecule has 0 radical (unpaired) electrons. The van der Waals surface area contributed by atoms with Gasteiger partial charge < -0.3 is 15.0 Å². The first kappa shape index (κ1) is 13.4. The molecule has 2 heterocycles. The van der Waals surface area contributed by atoms with Gasteiger partial charge in [-0.2, -0.15) is 0 Å².